The van der Waals surface area contributed by atoms with Gasteiger partial charge >= 0.3 is 0 Å². The van der Waals surface area contributed by atoms with Gasteiger partial charge in [-0.1, -0.05) is 6.92 Å². The Hall–Kier alpha value is -0.870. The summed E-state index contributed by atoms with van der Waals surface area (Å²) in [7, 11) is 0. The minimum absolute atomic E-state index is 0.366. The van der Waals surface area contributed by atoms with Crippen LogP contribution in [0.2, 0.25) is 0 Å². The highest BCUT2D eigenvalue weighted by atomic mass is 16.3. The normalized spacial score (nSPS) is 13.1. The molecule has 0 fully saturated rings. The molecule has 4 nitrogen and oxygen atoms in total. The number of hydrogen-bond donors (Lipinski definition) is 2. The summed E-state index contributed by atoms with van der Waals surface area (Å²) in [6.07, 6.45) is 0.724. The Bertz CT molecular complexity index is 296. The molecule has 1 unspecified atom stereocenters. The average Bonchev–Trinajstić information content (AvgIpc) is 2.45. The molecule has 0 saturated heterocycles. The van der Waals surface area contributed by atoms with E-state index in [4.69, 9.17) is 0 Å². The second-order valence-electron chi connectivity index (χ2n) is 3.97. The number of hydrogen-bond acceptors (Lipinski definition) is 3. The fourth-order valence-electron chi connectivity index (χ4n) is 1.57. The van der Waals surface area contributed by atoms with Crippen LogP contribution in [-0.2, 0) is 6.54 Å². The maximum absolute atomic E-state index is 9.74. The number of nitrogens with zero attached hydrogens (tertiary/aromatic N) is 2. The molecule has 0 spiro atoms. The summed E-state index contributed by atoms with van der Waals surface area (Å²) >= 11 is 0. The van der Waals surface area contributed by atoms with Crippen LogP contribution in [0.25, 0.3) is 0 Å². The van der Waals surface area contributed by atoms with Gasteiger partial charge in [-0.05, 0) is 32.9 Å². The summed E-state index contributed by atoms with van der Waals surface area (Å²) < 4.78 is 1.85. The van der Waals surface area contributed by atoms with Crippen molar-refractivity contribution >= 4 is 0 Å². The van der Waals surface area contributed by atoms with E-state index in [0.29, 0.717) is 13.1 Å². The number of rotatable bonds is 6. The second kappa shape index (κ2) is 5.88. The largest absolute Gasteiger partial charge is 0.390 e. The molecular weight excluding hydrogens is 190 g/mol. The lowest BCUT2D eigenvalue weighted by molar-refractivity contribution is 0.146. The number of aliphatic hydroxyl groups is 1. The van der Waals surface area contributed by atoms with Crippen molar-refractivity contribution in [2.75, 3.05) is 13.1 Å². The highest BCUT2D eigenvalue weighted by Gasteiger charge is 2.07. The van der Waals surface area contributed by atoms with Crippen LogP contribution in [0.15, 0.2) is 6.07 Å². The summed E-state index contributed by atoms with van der Waals surface area (Å²) in [4.78, 5) is 0. The maximum Gasteiger partial charge on any atom is 0.0860 e. The molecule has 2 N–H and O–H groups in total. The van der Waals surface area contributed by atoms with Crippen molar-refractivity contribution in [3.63, 3.8) is 0 Å². The van der Waals surface area contributed by atoms with Gasteiger partial charge in [0.15, 0.2) is 0 Å². The molecule has 1 aromatic rings. The first-order valence-electron chi connectivity index (χ1n) is 5.53. The van der Waals surface area contributed by atoms with Crippen LogP contribution in [0.1, 0.15) is 24.7 Å². The van der Waals surface area contributed by atoms with Crippen LogP contribution in [0.5, 0.6) is 0 Å². The van der Waals surface area contributed by atoms with Crippen molar-refractivity contribution in [1.82, 2.24) is 15.1 Å². The van der Waals surface area contributed by atoms with Gasteiger partial charge in [-0.2, -0.15) is 5.10 Å². The van der Waals surface area contributed by atoms with Gasteiger partial charge in [0, 0.05) is 12.2 Å². The van der Waals surface area contributed by atoms with Crippen molar-refractivity contribution in [2.45, 2.75) is 39.8 Å². The maximum atomic E-state index is 9.74. The molecule has 0 saturated carbocycles. The fraction of sp³-hybridized carbons (Fsp3) is 0.727. The number of aliphatic hydroxyl groups excluding tert-OH is 1. The van der Waals surface area contributed by atoms with Crippen molar-refractivity contribution in [2.24, 2.45) is 0 Å². The topological polar surface area (TPSA) is 50.1 Å². The lowest BCUT2D eigenvalue weighted by atomic mass is 10.3. The third kappa shape index (κ3) is 4.01. The zero-order chi connectivity index (χ0) is 11.3. The summed E-state index contributed by atoms with van der Waals surface area (Å²) in [6, 6.07) is 2.02. The van der Waals surface area contributed by atoms with Crippen molar-refractivity contribution in [3.05, 3.63) is 17.5 Å². The lowest BCUT2D eigenvalue weighted by Crippen LogP contribution is -2.31. The molecule has 1 aromatic heterocycles. The second-order valence-corrected chi connectivity index (χ2v) is 3.97. The molecule has 0 amide bonds. The van der Waals surface area contributed by atoms with Gasteiger partial charge in [-0.3, -0.25) is 4.68 Å². The molecule has 0 aliphatic heterocycles. The summed E-state index contributed by atoms with van der Waals surface area (Å²) in [5.41, 5.74) is 2.10. The van der Waals surface area contributed by atoms with E-state index in [9.17, 15) is 5.11 Å². The van der Waals surface area contributed by atoms with Gasteiger partial charge in [0.25, 0.3) is 0 Å². The average molecular weight is 211 g/mol. The summed E-state index contributed by atoms with van der Waals surface area (Å²) in [5.74, 6) is 0. The predicted octanol–water partition coefficient (Wildman–Crippen LogP) is 0.860. The van der Waals surface area contributed by atoms with E-state index in [2.05, 4.69) is 17.3 Å². The van der Waals surface area contributed by atoms with Gasteiger partial charge in [0.1, 0.15) is 0 Å². The van der Waals surface area contributed by atoms with Gasteiger partial charge < -0.3 is 10.4 Å². The third-order valence-corrected chi connectivity index (χ3v) is 2.29. The van der Waals surface area contributed by atoms with Crippen molar-refractivity contribution in [3.8, 4) is 0 Å². The van der Waals surface area contributed by atoms with Crippen LogP contribution in [0.3, 0.4) is 0 Å². The minimum Gasteiger partial charge on any atom is -0.390 e. The quantitative estimate of drug-likeness (QED) is 0.686. The number of aromatic nitrogens is 2. The Balaban J connectivity index is 2.37. The predicted molar refractivity (Wildman–Crippen MR) is 60.9 cm³/mol. The third-order valence-electron chi connectivity index (χ3n) is 2.29. The standard InChI is InChI=1S/C11H21N3O/c1-4-5-12-7-11(15)8-14-10(3)6-9(2)13-14/h6,11-12,15H,4-5,7-8H2,1-3H3. The van der Waals surface area contributed by atoms with E-state index < -0.39 is 0 Å². The monoisotopic (exact) mass is 211 g/mol. The summed E-state index contributed by atoms with van der Waals surface area (Å²) in [5, 5.41) is 17.2. The number of aryl methyl sites for hydroxylation is 2. The van der Waals surface area contributed by atoms with E-state index in [0.717, 1.165) is 24.4 Å². The smallest absolute Gasteiger partial charge is 0.0860 e. The number of nitrogens with one attached hydrogen (secondary N) is 1. The minimum atomic E-state index is -0.366. The van der Waals surface area contributed by atoms with Crippen LogP contribution < -0.4 is 5.32 Å². The SMILES string of the molecule is CCCNCC(O)Cn1nc(C)cc1C. The van der Waals surface area contributed by atoms with Crippen LogP contribution in [0, 0.1) is 13.8 Å². The molecule has 15 heavy (non-hydrogen) atoms. The van der Waals surface area contributed by atoms with Gasteiger partial charge in [-0.15, -0.1) is 0 Å². The lowest BCUT2D eigenvalue weighted by Gasteiger charge is -2.12. The first-order chi connectivity index (χ1) is 7.13. The zero-order valence-electron chi connectivity index (χ0n) is 9.82. The van der Waals surface area contributed by atoms with Gasteiger partial charge in [0.2, 0.25) is 0 Å². The van der Waals surface area contributed by atoms with E-state index in [1.54, 1.807) is 0 Å². The Labute approximate surface area is 91.3 Å². The molecule has 1 rings (SSSR count). The van der Waals surface area contributed by atoms with Crippen LogP contribution >= 0.6 is 0 Å². The fourth-order valence-corrected chi connectivity index (χ4v) is 1.57. The van der Waals surface area contributed by atoms with Crippen molar-refractivity contribution < 1.29 is 5.11 Å². The Morgan fingerprint density at radius 2 is 2.27 bits per heavy atom. The first-order valence-corrected chi connectivity index (χ1v) is 5.53. The highest BCUT2D eigenvalue weighted by Crippen LogP contribution is 2.02. The Morgan fingerprint density at radius 1 is 1.53 bits per heavy atom. The van der Waals surface area contributed by atoms with E-state index in [1.165, 1.54) is 0 Å². The Kier molecular flexibility index (Phi) is 4.78. The van der Waals surface area contributed by atoms with E-state index in [1.807, 2.05) is 24.6 Å². The molecule has 0 bridgehead atoms. The molecule has 1 atom stereocenters. The van der Waals surface area contributed by atoms with Crippen LogP contribution in [0.4, 0.5) is 0 Å². The molecule has 1 heterocycles. The molecule has 0 aliphatic carbocycles. The van der Waals surface area contributed by atoms with E-state index in [-0.39, 0.29) is 6.10 Å². The Morgan fingerprint density at radius 3 is 2.80 bits per heavy atom. The van der Waals surface area contributed by atoms with Gasteiger partial charge in [0.05, 0.1) is 18.3 Å². The van der Waals surface area contributed by atoms with Crippen molar-refractivity contribution in [1.29, 1.82) is 0 Å². The van der Waals surface area contributed by atoms with Gasteiger partial charge in [-0.25, -0.2) is 0 Å². The van der Waals surface area contributed by atoms with Crippen LogP contribution in [-0.4, -0.2) is 34.1 Å². The highest BCUT2D eigenvalue weighted by molar-refractivity contribution is 5.06. The van der Waals surface area contributed by atoms with E-state index >= 15 is 0 Å². The molecule has 4 heteroatoms. The molecular formula is C11H21N3O. The molecule has 0 aliphatic rings. The summed E-state index contributed by atoms with van der Waals surface area (Å²) in [6.45, 7) is 8.23. The first kappa shape index (κ1) is 12.2. The molecule has 0 aromatic carbocycles. The zero-order valence-corrected chi connectivity index (χ0v) is 9.82. The molecule has 86 valence electrons. The molecule has 0 radical (unpaired) electrons.